The Hall–Kier alpha value is -2.71. The third-order valence-corrected chi connectivity index (χ3v) is 5.12. The van der Waals surface area contributed by atoms with Crippen LogP contribution in [0.15, 0.2) is 50.8 Å². The predicted molar refractivity (Wildman–Crippen MR) is 124 cm³/mol. The highest BCUT2D eigenvalue weighted by molar-refractivity contribution is 9.10. The first-order valence-corrected chi connectivity index (χ1v) is 10.5. The normalized spacial score (nSPS) is 11.8. The predicted octanol–water partition coefficient (Wildman–Crippen LogP) is 4.54. The molecule has 9 heteroatoms. The molecule has 2 aromatic carbocycles. The molecule has 0 aliphatic heterocycles. The number of methoxy groups -OCH3 is 1. The van der Waals surface area contributed by atoms with Gasteiger partial charge in [0.05, 0.1) is 29.2 Å². The average Bonchev–Trinajstić information content (AvgIpc) is 2.71. The molecular weight excluding hydrogens is 486 g/mol. The van der Waals surface area contributed by atoms with Crippen LogP contribution >= 0.6 is 27.5 Å². The molecule has 0 spiro atoms. The van der Waals surface area contributed by atoms with Crippen molar-refractivity contribution in [2.45, 2.75) is 26.2 Å². The third kappa shape index (κ3) is 5.32. The van der Waals surface area contributed by atoms with Crippen molar-refractivity contribution in [3.05, 3.63) is 67.6 Å². The van der Waals surface area contributed by atoms with Gasteiger partial charge in [0.1, 0.15) is 11.6 Å². The summed E-state index contributed by atoms with van der Waals surface area (Å²) in [6.45, 7) is 5.66. The van der Waals surface area contributed by atoms with Crippen LogP contribution in [0.25, 0.3) is 10.9 Å². The highest BCUT2D eigenvalue weighted by Crippen LogP contribution is 2.26. The van der Waals surface area contributed by atoms with Crippen molar-refractivity contribution in [2.75, 3.05) is 13.7 Å². The van der Waals surface area contributed by atoms with E-state index in [0.29, 0.717) is 33.1 Å². The van der Waals surface area contributed by atoms with Gasteiger partial charge in [0.2, 0.25) is 0 Å². The van der Waals surface area contributed by atoms with E-state index in [2.05, 4.69) is 30.8 Å². The van der Waals surface area contributed by atoms with Crippen LogP contribution in [0.1, 0.15) is 32.2 Å². The van der Waals surface area contributed by atoms with Crippen molar-refractivity contribution >= 4 is 50.6 Å². The van der Waals surface area contributed by atoms with Crippen LogP contribution < -0.4 is 10.3 Å². The number of aromatic nitrogens is 2. The van der Waals surface area contributed by atoms with Gasteiger partial charge >= 0.3 is 5.97 Å². The van der Waals surface area contributed by atoms with Crippen molar-refractivity contribution < 1.29 is 14.3 Å². The standard InChI is InChI=1S/C22H21BrClN3O4/c1-22(2,3)21-26-17-7-6-14(23)10-15(17)20(29)27(21)25-11-13-5-8-18(16(24)9-13)31-12-19(28)30-4/h5-11H,12H2,1-4H3. The van der Waals surface area contributed by atoms with E-state index >= 15 is 0 Å². The van der Waals surface area contributed by atoms with Crippen molar-refractivity contribution in [3.8, 4) is 5.75 Å². The lowest BCUT2D eigenvalue weighted by molar-refractivity contribution is -0.142. The van der Waals surface area contributed by atoms with Crippen LogP contribution in [0.3, 0.4) is 0 Å². The second-order valence-electron chi connectivity index (χ2n) is 7.76. The summed E-state index contributed by atoms with van der Waals surface area (Å²) in [5.41, 5.74) is 0.578. The fourth-order valence-electron chi connectivity index (χ4n) is 2.78. The first kappa shape index (κ1) is 23.0. The number of ether oxygens (including phenoxy) is 2. The lowest BCUT2D eigenvalue weighted by Crippen LogP contribution is -2.29. The highest BCUT2D eigenvalue weighted by atomic mass is 79.9. The maximum atomic E-state index is 13.2. The Bertz CT molecular complexity index is 1230. The Morgan fingerprint density at radius 2 is 2.00 bits per heavy atom. The SMILES string of the molecule is COC(=O)COc1ccc(C=Nn2c(C(C)(C)C)nc3ccc(Br)cc3c2=O)cc1Cl. The Kier molecular flexibility index (Phi) is 6.81. The van der Waals surface area contributed by atoms with Crippen LogP contribution in [0.5, 0.6) is 5.75 Å². The summed E-state index contributed by atoms with van der Waals surface area (Å²) in [5.74, 6) is 0.368. The molecule has 1 heterocycles. The van der Waals surface area contributed by atoms with E-state index in [-0.39, 0.29) is 12.2 Å². The Morgan fingerprint density at radius 3 is 2.65 bits per heavy atom. The van der Waals surface area contributed by atoms with E-state index in [1.54, 1.807) is 30.3 Å². The summed E-state index contributed by atoms with van der Waals surface area (Å²) in [7, 11) is 1.28. The summed E-state index contributed by atoms with van der Waals surface area (Å²) < 4.78 is 12.0. The van der Waals surface area contributed by atoms with Crippen molar-refractivity contribution in [2.24, 2.45) is 5.10 Å². The van der Waals surface area contributed by atoms with E-state index < -0.39 is 11.4 Å². The fourth-order valence-corrected chi connectivity index (χ4v) is 3.38. The molecule has 3 rings (SSSR count). The van der Waals surface area contributed by atoms with Crippen molar-refractivity contribution in [1.82, 2.24) is 9.66 Å². The van der Waals surface area contributed by atoms with Gasteiger partial charge < -0.3 is 9.47 Å². The van der Waals surface area contributed by atoms with Crippen molar-refractivity contribution in [1.29, 1.82) is 0 Å². The second-order valence-corrected chi connectivity index (χ2v) is 9.09. The molecule has 1 aromatic heterocycles. The number of rotatable bonds is 5. The molecule has 0 atom stereocenters. The van der Waals surface area contributed by atoms with Gasteiger partial charge in [0.25, 0.3) is 5.56 Å². The molecule has 0 bridgehead atoms. The molecule has 7 nitrogen and oxygen atoms in total. The summed E-state index contributed by atoms with van der Waals surface area (Å²) in [4.78, 5) is 29.1. The lowest BCUT2D eigenvalue weighted by Gasteiger charge is -2.20. The van der Waals surface area contributed by atoms with Crippen LogP contribution in [0, 0.1) is 0 Å². The quantitative estimate of drug-likeness (QED) is 0.375. The highest BCUT2D eigenvalue weighted by Gasteiger charge is 2.22. The molecule has 162 valence electrons. The van der Waals surface area contributed by atoms with Gasteiger partial charge in [-0.1, -0.05) is 48.3 Å². The van der Waals surface area contributed by atoms with Gasteiger partial charge in [-0.25, -0.2) is 9.78 Å². The number of carbonyl (C=O) groups excluding carboxylic acids is 1. The minimum atomic E-state index is -0.508. The molecule has 0 aliphatic carbocycles. The summed E-state index contributed by atoms with van der Waals surface area (Å²) in [5, 5.41) is 5.17. The minimum absolute atomic E-state index is 0.244. The number of hydrogen-bond acceptors (Lipinski definition) is 6. The molecule has 0 unspecified atom stereocenters. The smallest absolute Gasteiger partial charge is 0.343 e. The van der Waals surface area contributed by atoms with E-state index in [0.717, 1.165) is 4.47 Å². The Morgan fingerprint density at radius 1 is 1.26 bits per heavy atom. The number of esters is 1. The molecule has 31 heavy (non-hydrogen) atoms. The maximum absolute atomic E-state index is 13.2. The zero-order chi connectivity index (χ0) is 22.8. The first-order valence-electron chi connectivity index (χ1n) is 9.36. The summed E-state index contributed by atoms with van der Waals surface area (Å²) in [6, 6.07) is 10.3. The number of fused-ring (bicyclic) bond motifs is 1. The Labute approximate surface area is 192 Å². The van der Waals surface area contributed by atoms with Gasteiger partial charge in [-0.3, -0.25) is 4.79 Å². The zero-order valence-electron chi connectivity index (χ0n) is 17.5. The molecule has 0 N–H and O–H groups in total. The van der Waals surface area contributed by atoms with Gasteiger partial charge in [0, 0.05) is 9.89 Å². The molecule has 0 radical (unpaired) electrons. The first-order chi connectivity index (χ1) is 14.6. The monoisotopic (exact) mass is 505 g/mol. The number of hydrogen-bond donors (Lipinski definition) is 0. The van der Waals surface area contributed by atoms with E-state index in [9.17, 15) is 9.59 Å². The fraction of sp³-hybridized carbons (Fsp3) is 0.273. The number of benzene rings is 2. The van der Waals surface area contributed by atoms with Crippen molar-refractivity contribution in [3.63, 3.8) is 0 Å². The minimum Gasteiger partial charge on any atom is -0.480 e. The average molecular weight is 507 g/mol. The number of carbonyl (C=O) groups is 1. The lowest BCUT2D eigenvalue weighted by atomic mass is 9.95. The molecule has 0 aliphatic rings. The van der Waals surface area contributed by atoms with Gasteiger partial charge in [-0.2, -0.15) is 9.78 Å². The topological polar surface area (TPSA) is 82.8 Å². The largest absolute Gasteiger partial charge is 0.480 e. The molecule has 0 amide bonds. The molecule has 0 fully saturated rings. The number of halogens is 2. The molecule has 3 aromatic rings. The van der Waals surface area contributed by atoms with Crippen LogP contribution in [0.4, 0.5) is 0 Å². The van der Waals surface area contributed by atoms with E-state index in [4.69, 9.17) is 16.3 Å². The van der Waals surface area contributed by atoms with Gasteiger partial charge in [-0.15, -0.1) is 0 Å². The van der Waals surface area contributed by atoms with E-state index in [1.165, 1.54) is 18.0 Å². The molecule has 0 saturated heterocycles. The van der Waals surface area contributed by atoms with E-state index in [1.807, 2.05) is 26.8 Å². The van der Waals surface area contributed by atoms with Crippen LogP contribution in [0.2, 0.25) is 5.02 Å². The van der Waals surface area contributed by atoms with Gasteiger partial charge in [0.15, 0.2) is 6.61 Å². The maximum Gasteiger partial charge on any atom is 0.343 e. The van der Waals surface area contributed by atoms with Gasteiger partial charge in [-0.05, 0) is 42.0 Å². The second kappa shape index (κ2) is 9.20. The van der Waals surface area contributed by atoms with Crippen LogP contribution in [-0.4, -0.2) is 35.6 Å². The van der Waals surface area contributed by atoms with Crippen LogP contribution in [-0.2, 0) is 14.9 Å². The summed E-state index contributed by atoms with van der Waals surface area (Å²) >= 11 is 9.64. The Balaban J connectivity index is 2.00. The number of nitrogens with zero attached hydrogens (tertiary/aromatic N) is 3. The molecular formula is C22H21BrClN3O4. The summed E-state index contributed by atoms with van der Waals surface area (Å²) in [6.07, 6.45) is 1.53. The molecule has 0 saturated carbocycles. The third-order valence-electron chi connectivity index (χ3n) is 4.33. The zero-order valence-corrected chi connectivity index (χ0v) is 19.8.